The van der Waals surface area contributed by atoms with Gasteiger partial charge >= 0.3 is 0 Å². The van der Waals surface area contributed by atoms with Crippen molar-refractivity contribution in [3.05, 3.63) is 41.7 Å². The monoisotopic (exact) mass is 277 g/mol. The Bertz CT molecular complexity index is 536. The van der Waals surface area contributed by atoms with E-state index in [1.54, 1.807) is 12.4 Å². The van der Waals surface area contributed by atoms with Crippen molar-refractivity contribution in [2.45, 2.75) is 6.92 Å². The Morgan fingerprint density at radius 3 is 2.89 bits per heavy atom. The third kappa shape index (κ3) is 3.57. The van der Waals surface area contributed by atoms with Crippen molar-refractivity contribution in [3.8, 4) is 0 Å². The zero-order chi connectivity index (χ0) is 12.8. The number of nitrogens with one attached hydrogen (secondary N) is 2. The van der Waals surface area contributed by atoms with Crippen molar-refractivity contribution in [2.24, 2.45) is 5.10 Å². The fourth-order valence-corrected chi connectivity index (χ4v) is 1.92. The van der Waals surface area contributed by atoms with Gasteiger partial charge in [0, 0.05) is 17.8 Å². The lowest BCUT2D eigenvalue weighted by atomic mass is 10.3. The first-order valence-electron chi connectivity index (χ1n) is 5.18. The number of nitrogens with zero attached hydrogens (tertiary/aromatic N) is 3. The maximum atomic E-state index is 5.09. The molecule has 0 fully saturated rings. The van der Waals surface area contributed by atoms with Crippen molar-refractivity contribution in [2.75, 3.05) is 5.32 Å². The Kier molecular flexibility index (Phi) is 4.32. The lowest BCUT2D eigenvalue weighted by Crippen LogP contribution is -2.25. The highest BCUT2D eigenvalue weighted by Crippen LogP contribution is 2.09. The molecule has 0 spiro atoms. The molecule has 2 aromatic rings. The molecule has 0 unspecified atom stereocenters. The summed E-state index contributed by atoms with van der Waals surface area (Å²) < 4.78 is 0. The number of rotatable bonds is 3. The zero-order valence-electron chi connectivity index (χ0n) is 9.62. The van der Waals surface area contributed by atoms with E-state index in [2.05, 4.69) is 25.8 Å². The second kappa shape index (κ2) is 6.18. The lowest BCUT2D eigenvalue weighted by molar-refractivity contribution is 1.03. The number of aromatic nitrogens is 2. The Balaban J connectivity index is 1.92. The van der Waals surface area contributed by atoms with Crippen LogP contribution in [0.3, 0.4) is 0 Å². The van der Waals surface area contributed by atoms with Crippen LogP contribution in [-0.2, 0) is 0 Å². The van der Waals surface area contributed by atoms with E-state index in [0.29, 0.717) is 5.11 Å². The van der Waals surface area contributed by atoms with E-state index in [1.165, 1.54) is 11.3 Å². The van der Waals surface area contributed by atoms with Crippen LogP contribution in [0.2, 0.25) is 0 Å². The second-order valence-electron chi connectivity index (χ2n) is 3.32. The molecule has 0 aliphatic rings. The Morgan fingerprint density at radius 2 is 2.22 bits per heavy atom. The van der Waals surface area contributed by atoms with Crippen LogP contribution in [0.5, 0.6) is 0 Å². The van der Waals surface area contributed by atoms with E-state index in [4.69, 9.17) is 12.2 Å². The van der Waals surface area contributed by atoms with Gasteiger partial charge in [0.25, 0.3) is 0 Å². The number of hydrogen-bond acceptors (Lipinski definition) is 5. The molecular formula is C11H11N5S2. The van der Waals surface area contributed by atoms with Gasteiger partial charge in [0.15, 0.2) is 10.2 Å². The van der Waals surface area contributed by atoms with Crippen LogP contribution in [0.4, 0.5) is 5.13 Å². The van der Waals surface area contributed by atoms with Crippen LogP contribution in [0.25, 0.3) is 0 Å². The third-order valence-corrected chi connectivity index (χ3v) is 2.90. The van der Waals surface area contributed by atoms with Crippen LogP contribution in [0.15, 0.2) is 41.1 Å². The summed E-state index contributed by atoms with van der Waals surface area (Å²) in [6.07, 6.45) is 3.43. The number of hydrazone groups is 1. The molecule has 0 aliphatic carbocycles. The predicted octanol–water partition coefficient (Wildman–Crippen LogP) is 2.25. The average molecular weight is 277 g/mol. The molecule has 2 heterocycles. The van der Waals surface area contributed by atoms with Crippen molar-refractivity contribution in [1.82, 2.24) is 15.4 Å². The summed E-state index contributed by atoms with van der Waals surface area (Å²) in [7, 11) is 0. The van der Waals surface area contributed by atoms with Crippen LogP contribution in [0, 0.1) is 0 Å². The lowest BCUT2D eigenvalue weighted by Gasteiger charge is -2.04. The molecule has 2 N–H and O–H groups in total. The molecule has 18 heavy (non-hydrogen) atoms. The van der Waals surface area contributed by atoms with E-state index in [-0.39, 0.29) is 0 Å². The number of thiazole rings is 1. The number of hydrogen-bond donors (Lipinski definition) is 2. The molecule has 0 aliphatic heterocycles. The molecule has 2 aromatic heterocycles. The quantitative estimate of drug-likeness (QED) is 0.512. The highest BCUT2D eigenvalue weighted by atomic mass is 32.1. The minimum Gasteiger partial charge on any atom is -0.307 e. The minimum atomic E-state index is 0.403. The summed E-state index contributed by atoms with van der Waals surface area (Å²) >= 11 is 6.56. The van der Waals surface area contributed by atoms with Gasteiger partial charge in [-0.15, -0.1) is 11.3 Å². The smallest absolute Gasteiger partial charge is 0.193 e. The third-order valence-electron chi connectivity index (χ3n) is 2.01. The largest absolute Gasteiger partial charge is 0.307 e. The van der Waals surface area contributed by atoms with Crippen molar-refractivity contribution in [1.29, 1.82) is 0 Å². The van der Waals surface area contributed by atoms with Gasteiger partial charge in [-0.2, -0.15) is 5.10 Å². The minimum absolute atomic E-state index is 0.403. The van der Waals surface area contributed by atoms with Gasteiger partial charge in [-0.1, -0.05) is 6.07 Å². The molecule has 2 rings (SSSR count). The molecule has 0 radical (unpaired) electrons. The molecule has 0 aromatic carbocycles. The summed E-state index contributed by atoms with van der Waals surface area (Å²) in [4.78, 5) is 8.25. The second-order valence-corrected chi connectivity index (χ2v) is 4.62. The molecular weight excluding hydrogens is 266 g/mol. The normalized spacial score (nSPS) is 11.1. The van der Waals surface area contributed by atoms with Crippen LogP contribution >= 0.6 is 23.6 Å². The maximum Gasteiger partial charge on any atom is 0.193 e. The first kappa shape index (κ1) is 12.6. The maximum absolute atomic E-state index is 5.09. The van der Waals surface area contributed by atoms with Gasteiger partial charge < -0.3 is 5.32 Å². The Labute approximate surface area is 114 Å². The standard InChI is InChI=1S/C11H11N5S2/c1-8(9-4-2-3-5-12-9)15-16-10(17)14-11-13-6-7-18-11/h2-7H,1H3,(H2,13,14,16,17). The highest BCUT2D eigenvalue weighted by molar-refractivity contribution is 7.80. The van der Waals surface area contributed by atoms with Gasteiger partial charge in [0.05, 0.1) is 11.4 Å². The molecule has 0 amide bonds. The Morgan fingerprint density at radius 1 is 1.33 bits per heavy atom. The molecule has 0 saturated heterocycles. The predicted molar refractivity (Wildman–Crippen MR) is 77.9 cm³/mol. The molecule has 5 nitrogen and oxygen atoms in total. The van der Waals surface area contributed by atoms with Gasteiger partial charge in [-0.3, -0.25) is 10.4 Å². The molecule has 0 saturated carbocycles. The molecule has 0 bridgehead atoms. The summed E-state index contributed by atoms with van der Waals surface area (Å²) in [5, 5.41) is 10.1. The van der Waals surface area contributed by atoms with Crippen molar-refractivity contribution in [3.63, 3.8) is 0 Å². The van der Waals surface area contributed by atoms with Crippen LogP contribution in [-0.4, -0.2) is 20.8 Å². The summed E-state index contributed by atoms with van der Waals surface area (Å²) in [6.45, 7) is 1.86. The summed E-state index contributed by atoms with van der Waals surface area (Å²) in [5.41, 5.74) is 4.32. The van der Waals surface area contributed by atoms with E-state index in [9.17, 15) is 0 Å². The number of pyridine rings is 1. The van der Waals surface area contributed by atoms with Gasteiger partial charge in [-0.25, -0.2) is 4.98 Å². The van der Waals surface area contributed by atoms with Crippen molar-refractivity contribution < 1.29 is 0 Å². The molecule has 92 valence electrons. The first-order chi connectivity index (χ1) is 8.75. The highest BCUT2D eigenvalue weighted by Gasteiger charge is 2.00. The van der Waals surface area contributed by atoms with Gasteiger partial charge in [0.2, 0.25) is 0 Å². The van der Waals surface area contributed by atoms with Crippen LogP contribution < -0.4 is 10.7 Å². The fraction of sp³-hybridized carbons (Fsp3) is 0.0909. The average Bonchev–Trinajstić information content (AvgIpc) is 2.90. The topological polar surface area (TPSA) is 62.2 Å². The summed E-state index contributed by atoms with van der Waals surface area (Å²) in [6, 6.07) is 5.66. The Hall–Kier alpha value is -1.86. The van der Waals surface area contributed by atoms with Crippen molar-refractivity contribution >= 4 is 39.5 Å². The molecule has 7 heteroatoms. The molecule has 0 atom stereocenters. The van der Waals surface area contributed by atoms with Crippen LogP contribution in [0.1, 0.15) is 12.6 Å². The van der Waals surface area contributed by atoms with E-state index < -0.39 is 0 Å². The number of anilines is 1. The van der Waals surface area contributed by atoms with E-state index in [0.717, 1.165) is 16.5 Å². The summed E-state index contributed by atoms with van der Waals surface area (Å²) in [5.74, 6) is 0. The van der Waals surface area contributed by atoms with E-state index in [1.807, 2.05) is 30.5 Å². The van der Waals surface area contributed by atoms with Gasteiger partial charge in [0.1, 0.15) is 0 Å². The fourth-order valence-electron chi connectivity index (χ4n) is 1.18. The SMILES string of the molecule is CC(=NNC(=S)Nc1nccs1)c1ccccn1. The first-order valence-corrected chi connectivity index (χ1v) is 6.46. The van der Waals surface area contributed by atoms with E-state index >= 15 is 0 Å². The zero-order valence-corrected chi connectivity index (χ0v) is 11.3. The van der Waals surface area contributed by atoms with Gasteiger partial charge in [-0.05, 0) is 31.3 Å². The number of thiocarbonyl (C=S) groups is 1.